The van der Waals surface area contributed by atoms with Crippen molar-refractivity contribution >= 4 is 28.4 Å². The number of nitrogens with one attached hydrogen (secondary N) is 3. The molecular weight excluding hydrogens is 407 g/mol. The molecule has 0 aliphatic carbocycles. The second-order valence-electron chi connectivity index (χ2n) is 6.88. The number of fused-ring (bicyclic) bond motifs is 1. The third-order valence-corrected chi connectivity index (χ3v) is 5.01. The average molecular weight is 427 g/mol. The van der Waals surface area contributed by atoms with Crippen molar-refractivity contribution in [2.75, 3.05) is 7.05 Å². The van der Waals surface area contributed by atoms with Gasteiger partial charge in [0.15, 0.2) is 0 Å². The van der Waals surface area contributed by atoms with Crippen LogP contribution in [0, 0.1) is 5.82 Å². The summed E-state index contributed by atoms with van der Waals surface area (Å²) in [4.78, 5) is 19.8. The number of carbonyl (C=O) groups excluding carboxylic acids is 1. The van der Waals surface area contributed by atoms with Crippen molar-refractivity contribution in [2.24, 2.45) is 0 Å². The number of amides is 1. The highest BCUT2D eigenvalue weighted by molar-refractivity contribution is 6.35. The van der Waals surface area contributed by atoms with Crippen molar-refractivity contribution in [2.45, 2.75) is 19.6 Å². The monoisotopic (exact) mass is 426 g/mol. The van der Waals surface area contributed by atoms with Gasteiger partial charge in [-0.05, 0) is 37.4 Å². The molecule has 3 aromatic heterocycles. The zero-order chi connectivity index (χ0) is 21.1. The van der Waals surface area contributed by atoms with Crippen LogP contribution in [0.3, 0.4) is 0 Å². The summed E-state index contributed by atoms with van der Waals surface area (Å²) in [6.45, 7) is 1.17. The lowest BCUT2D eigenvalue weighted by Crippen LogP contribution is -2.23. The smallest absolute Gasteiger partial charge is 0.251 e. The van der Waals surface area contributed by atoms with E-state index in [2.05, 4.69) is 25.7 Å². The lowest BCUT2D eigenvalue weighted by Gasteiger charge is -2.08. The molecule has 7 nitrogen and oxygen atoms in total. The largest absolute Gasteiger partial charge is 0.360 e. The Balaban J connectivity index is 1.44. The van der Waals surface area contributed by atoms with E-state index in [9.17, 15) is 9.18 Å². The Morgan fingerprint density at radius 2 is 2.10 bits per heavy atom. The Hall–Kier alpha value is -3.23. The Labute approximate surface area is 177 Å². The first-order valence-electron chi connectivity index (χ1n) is 9.38. The van der Waals surface area contributed by atoms with Crippen molar-refractivity contribution in [3.63, 3.8) is 0 Å². The van der Waals surface area contributed by atoms with E-state index >= 15 is 0 Å². The van der Waals surface area contributed by atoms with Gasteiger partial charge in [0.25, 0.3) is 5.91 Å². The van der Waals surface area contributed by atoms with Crippen molar-refractivity contribution in [1.82, 2.24) is 30.4 Å². The molecule has 9 heteroatoms. The molecule has 0 unspecified atom stereocenters. The number of hydrogen-bond acceptors (Lipinski definition) is 4. The Morgan fingerprint density at radius 3 is 2.93 bits per heavy atom. The van der Waals surface area contributed by atoms with Gasteiger partial charge in [-0.15, -0.1) is 0 Å². The number of carbonyl (C=O) groups is 1. The third kappa shape index (κ3) is 4.34. The number of pyridine rings is 1. The van der Waals surface area contributed by atoms with E-state index in [-0.39, 0.29) is 12.5 Å². The first kappa shape index (κ1) is 20.1. The predicted molar refractivity (Wildman–Crippen MR) is 113 cm³/mol. The van der Waals surface area contributed by atoms with Gasteiger partial charge in [0.2, 0.25) is 0 Å². The van der Waals surface area contributed by atoms with Crippen LogP contribution in [0.1, 0.15) is 27.3 Å². The second-order valence-corrected chi connectivity index (χ2v) is 7.29. The maximum atomic E-state index is 14.3. The molecule has 0 spiro atoms. The number of rotatable bonds is 7. The minimum Gasteiger partial charge on any atom is -0.360 e. The Bertz CT molecular complexity index is 1200. The summed E-state index contributed by atoms with van der Waals surface area (Å²) in [6, 6.07) is 8.27. The summed E-state index contributed by atoms with van der Waals surface area (Å²) in [5.41, 5.74) is 3.05. The number of hydrogen-bond donors (Lipinski definition) is 3. The summed E-state index contributed by atoms with van der Waals surface area (Å²) >= 11 is 6.10. The summed E-state index contributed by atoms with van der Waals surface area (Å²) in [7, 11) is 1.86. The van der Waals surface area contributed by atoms with E-state index in [0.29, 0.717) is 45.8 Å². The van der Waals surface area contributed by atoms with Crippen molar-refractivity contribution in [1.29, 1.82) is 0 Å². The zero-order valence-electron chi connectivity index (χ0n) is 16.2. The summed E-state index contributed by atoms with van der Waals surface area (Å²) in [5.74, 6) is -0.720. The Kier molecular flexibility index (Phi) is 5.78. The molecule has 0 aliphatic rings. The van der Waals surface area contributed by atoms with E-state index in [1.165, 1.54) is 6.07 Å². The second kappa shape index (κ2) is 8.64. The minimum absolute atomic E-state index is 0.0479. The van der Waals surface area contributed by atoms with Gasteiger partial charge in [0, 0.05) is 53.7 Å². The van der Waals surface area contributed by atoms with E-state index in [1.54, 1.807) is 35.3 Å². The molecule has 0 saturated carbocycles. The van der Waals surface area contributed by atoms with E-state index < -0.39 is 5.82 Å². The minimum atomic E-state index is -0.409. The molecule has 4 aromatic rings. The molecule has 0 bridgehead atoms. The number of aromatic nitrogens is 4. The van der Waals surface area contributed by atoms with Gasteiger partial charge < -0.3 is 15.6 Å². The van der Waals surface area contributed by atoms with Crippen LogP contribution in [0.15, 0.2) is 48.9 Å². The highest BCUT2D eigenvalue weighted by Crippen LogP contribution is 2.25. The summed E-state index contributed by atoms with van der Waals surface area (Å²) in [5, 5.41) is 11.5. The van der Waals surface area contributed by atoms with Crippen molar-refractivity contribution in [3.8, 4) is 0 Å². The maximum absolute atomic E-state index is 14.3. The van der Waals surface area contributed by atoms with Gasteiger partial charge in [0.1, 0.15) is 5.82 Å². The summed E-state index contributed by atoms with van der Waals surface area (Å²) < 4.78 is 16.1. The molecule has 1 aromatic carbocycles. The van der Waals surface area contributed by atoms with Crippen molar-refractivity contribution < 1.29 is 9.18 Å². The number of benzene rings is 1. The van der Waals surface area contributed by atoms with Gasteiger partial charge in [-0.2, -0.15) is 5.10 Å². The van der Waals surface area contributed by atoms with E-state index in [4.69, 9.17) is 11.6 Å². The van der Waals surface area contributed by atoms with Crippen LogP contribution in [0.5, 0.6) is 0 Å². The molecule has 3 heterocycles. The van der Waals surface area contributed by atoms with Gasteiger partial charge in [-0.25, -0.2) is 4.39 Å². The van der Waals surface area contributed by atoms with Crippen LogP contribution < -0.4 is 10.6 Å². The molecule has 3 N–H and O–H groups in total. The number of aromatic amines is 1. The SMILES string of the molecule is CNCc1ccn(Cc2cc(C(=O)NCc3cc4c(Cl)c[nH]c4cc3F)ccn2)n1. The van der Waals surface area contributed by atoms with E-state index in [0.717, 1.165) is 5.69 Å². The lowest BCUT2D eigenvalue weighted by molar-refractivity contribution is 0.0950. The first-order chi connectivity index (χ1) is 14.5. The van der Waals surface area contributed by atoms with Crippen LogP contribution in [0.25, 0.3) is 10.9 Å². The van der Waals surface area contributed by atoms with E-state index in [1.807, 2.05) is 19.3 Å². The van der Waals surface area contributed by atoms with Crippen LogP contribution in [-0.4, -0.2) is 32.7 Å². The van der Waals surface area contributed by atoms with Crippen LogP contribution in [0.2, 0.25) is 5.02 Å². The molecule has 30 heavy (non-hydrogen) atoms. The fraction of sp³-hybridized carbons (Fsp3) is 0.190. The number of H-pyrrole nitrogens is 1. The molecule has 0 atom stereocenters. The van der Waals surface area contributed by atoms with Gasteiger partial charge in [0.05, 0.1) is 23.0 Å². The number of nitrogens with zero attached hydrogens (tertiary/aromatic N) is 3. The highest BCUT2D eigenvalue weighted by atomic mass is 35.5. The topological polar surface area (TPSA) is 87.6 Å². The van der Waals surface area contributed by atoms with Crippen LogP contribution in [-0.2, 0) is 19.6 Å². The standard InChI is InChI=1S/C21H20ClFN6O/c1-24-10-15-3-5-29(28-15)12-16-6-13(2-4-25-16)21(30)27-9-14-7-17-18(22)11-26-20(17)8-19(14)23/h2-8,11,24,26H,9-10,12H2,1H3,(H,27,30). The molecule has 0 aliphatic heterocycles. The molecule has 154 valence electrons. The molecule has 0 saturated heterocycles. The maximum Gasteiger partial charge on any atom is 0.251 e. The summed E-state index contributed by atoms with van der Waals surface area (Å²) in [6.07, 6.45) is 5.05. The van der Waals surface area contributed by atoms with Gasteiger partial charge >= 0.3 is 0 Å². The zero-order valence-corrected chi connectivity index (χ0v) is 17.0. The van der Waals surface area contributed by atoms with Gasteiger partial charge in [-0.1, -0.05) is 11.6 Å². The van der Waals surface area contributed by atoms with Gasteiger partial charge in [-0.3, -0.25) is 14.5 Å². The average Bonchev–Trinajstić information content (AvgIpc) is 3.32. The molecule has 1 amide bonds. The fourth-order valence-electron chi connectivity index (χ4n) is 3.21. The predicted octanol–water partition coefficient (Wildman–Crippen LogP) is 3.25. The first-order valence-corrected chi connectivity index (χ1v) is 9.76. The van der Waals surface area contributed by atoms with Crippen LogP contribution >= 0.6 is 11.6 Å². The highest BCUT2D eigenvalue weighted by Gasteiger charge is 2.12. The molecule has 0 radical (unpaired) electrons. The molecule has 0 fully saturated rings. The lowest BCUT2D eigenvalue weighted by atomic mass is 10.1. The third-order valence-electron chi connectivity index (χ3n) is 4.69. The Morgan fingerprint density at radius 1 is 1.23 bits per heavy atom. The normalized spacial score (nSPS) is 11.2. The quantitative estimate of drug-likeness (QED) is 0.423. The fourth-order valence-corrected chi connectivity index (χ4v) is 3.42. The van der Waals surface area contributed by atoms with Crippen molar-refractivity contribution in [3.05, 3.63) is 82.3 Å². The van der Waals surface area contributed by atoms with Crippen LogP contribution in [0.4, 0.5) is 4.39 Å². The molecular formula is C21H20ClFN6O. The molecule has 4 rings (SSSR count). The number of halogens is 2.